The molecule has 0 aliphatic heterocycles. The Morgan fingerprint density at radius 3 is 2.55 bits per heavy atom. The van der Waals surface area contributed by atoms with Crippen molar-refractivity contribution in [1.82, 2.24) is 0 Å². The van der Waals surface area contributed by atoms with Gasteiger partial charge in [0.25, 0.3) is 0 Å². The Hall–Kier alpha value is -2.75. The first-order chi connectivity index (χ1) is 10.6. The van der Waals surface area contributed by atoms with E-state index in [1.807, 2.05) is 30.3 Å². The second-order valence-electron chi connectivity index (χ2n) is 4.81. The molecule has 0 unspecified atom stereocenters. The lowest BCUT2D eigenvalue weighted by atomic mass is 10.1. The molecule has 1 N–H and O–H groups in total. The summed E-state index contributed by atoms with van der Waals surface area (Å²) in [5.74, 6) is 0.295. The summed E-state index contributed by atoms with van der Waals surface area (Å²) in [7, 11) is 1.55. The highest BCUT2D eigenvalue weighted by molar-refractivity contribution is 5.91. The summed E-state index contributed by atoms with van der Waals surface area (Å²) in [6.45, 7) is 2.01. The van der Waals surface area contributed by atoms with E-state index in [1.165, 1.54) is 0 Å². The van der Waals surface area contributed by atoms with Gasteiger partial charge < -0.3 is 14.6 Å². The van der Waals surface area contributed by atoms with Gasteiger partial charge in [-0.05, 0) is 30.7 Å². The molecule has 0 heterocycles. The van der Waals surface area contributed by atoms with E-state index in [2.05, 4.69) is 0 Å². The van der Waals surface area contributed by atoms with Gasteiger partial charge in [-0.15, -0.1) is 0 Å². The van der Waals surface area contributed by atoms with Crippen LogP contribution in [0.2, 0.25) is 0 Å². The Labute approximate surface area is 129 Å². The molecular formula is C18H18O4. The van der Waals surface area contributed by atoms with Crippen LogP contribution in [-0.2, 0) is 11.4 Å². The number of ether oxygens (including phenoxy) is 2. The number of benzene rings is 2. The van der Waals surface area contributed by atoms with Crippen LogP contribution in [0.4, 0.5) is 0 Å². The van der Waals surface area contributed by atoms with Crippen molar-refractivity contribution in [1.29, 1.82) is 0 Å². The Bertz CT molecular complexity index is 675. The zero-order valence-electron chi connectivity index (χ0n) is 12.6. The van der Waals surface area contributed by atoms with E-state index in [9.17, 15) is 4.79 Å². The van der Waals surface area contributed by atoms with Crippen LogP contribution in [0.25, 0.3) is 6.08 Å². The van der Waals surface area contributed by atoms with E-state index in [0.717, 1.165) is 5.56 Å². The first-order valence-electron chi connectivity index (χ1n) is 6.86. The summed E-state index contributed by atoms with van der Waals surface area (Å²) in [4.78, 5) is 10.9. The lowest BCUT2D eigenvalue weighted by Crippen LogP contribution is -1.98. The molecule has 2 rings (SSSR count). The topological polar surface area (TPSA) is 55.8 Å². The van der Waals surface area contributed by atoms with Crippen molar-refractivity contribution >= 4 is 12.0 Å². The van der Waals surface area contributed by atoms with E-state index < -0.39 is 5.97 Å². The SMILES string of the molecule is COc1cc(OCc2ccccc2)ccc1/C=C(\C)C(=O)O. The van der Waals surface area contributed by atoms with E-state index in [4.69, 9.17) is 14.6 Å². The number of methoxy groups -OCH3 is 1. The smallest absolute Gasteiger partial charge is 0.331 e. The van der Waals surface area contributed by atoms with Crippen molar-refractivity contribution in [2.24, 2.45) is 0 Å². The van der Waals surface area contributed by atoms with Gasteiger partial charge in [-0.2, -0.15) is 0 Å². The average molecular weight is 298 g/mol. The van der Waals surface area contributed by atoms with E-state index in [1.54, 1.807) is 38.3 Å². The summed E-state index contributed by atoms with van der Waals surface area (Å²) in [5, 5.41) is 8.94. The number of carboxylic acid groups (broad SMARTS) is 1. The van der Waals surface area contributed by atoms with E-state index in [0.29, 0.717) is 23.7 Å². The van der Waals surface area contributed by atoms with Crippen molar-refractivity contribution in [3.8, 4) is 11.5 Å². The van der Waals surface area contributed by atoms with Gasteiger partial charge in [0.2, 0.25) is 0 Å². The van der Waals surface area contributed by atoms with Crippen LogP contribution in [0.3, 0.4) is 0 Å². The molecule has 0 amide bonds. The molecule has 114 valence electrons. The van der Waals surface area contributed by atoms with Crippen molar-refractivity contribution in [3.63, 3.8) is 0 Å². The number of hydrogen-bond acceptors (Lipinski definition) is 3. The molecule has 0 saturated carbocycles. The lowest BCUT2D eigenvalue weighted by Gasteiger charge is -2.10. The molecule has 0 radical (unpaired) electrons. The predicted octanol–water partition coefficient (Wildman–Crippen LogP) is 3.76. The molecule has 2 aromatic carbocycles. The molecule has 0 aliphatic carbocycles. The summed E-state index contributed by atoms with van der Waals surface area (Å²) in [5.41, 5.74) is 2.03. The molecule has 0 aromatic heterocycles. The van der Waals surface area contributed by atoms with Crippen LogP contribution >= 0.6 is 0 Å². The van der Waals surface area contributed by atoms with E-state index in [-0.39, 0.29) is 5.57 Å². The number of carbonyl (C=O) groups is 1. The minimum Gasteiger partial charge on any atom is -0.496 e. The predicted molar refractivity (Wildman–Crippen MR) is 85.1 cm³/mol. The molecule has 0 aliphatic rings. The fourth-order valence-corrected chi connectivity index (χ4v) is 1.94. The van der Waals surface area contributed by atoms with Crippen LogP contribution < -0.4 is 9.47 Å². The monoisotopic (exact) mass is 298 g/mol. The Morgan fingerprint density at radius 2 is 1.91 bits per heavy atom. The fourth-order valence-electron chi connectivity index (χ4n) is 1.94. The maximum absolute atomic E-state index is 10.9. The molecule has 0 atom stereocenters. The van der Waals surface area contributed by atoms with Crippen molar-refractivity contribution in [2.75, 3.05) is 7.11 Å². The van der Waals surface area contributed by atoms with Crippen LogP contribution in [0.1, 0.15) is 18.1 Å². The van der Waals surface area contributed by atoms with Crippen LogP contribution in [0, 0.1) is 0 Å². The van der Waals surface area contributed by atoms with Crippen molar-refractivity contribution in [2.45, 2.75) is 13.5 Å². The number of aliphatic carboxylic acids is 1. The van der Waals surface area contributed by atoms with Crippen molar-refractivity contribution in [3.05, 3.63) is 65.2 Å². The second-order valence-corrected chi connectivity index (χ2v) is 4.81. The van der Waals surface area contributed by atoms with Crippen LogP contribution in [-0.4, -0.2) is 18.2 Å². The molecular weight excluding hydrogens is 280 g/mol. The largest absolute Gasteiger partial charge is 0.496 e. The fraction of sp³-hybridized carbons (Fsp3) is 0.167. The minimum absolute atomic E-state index is 0.247. The molecule has 0 bridgehead atoms. The Morgan fingerprint density at radius 1 is 1.18 bits per heavy atom. The second kappa shape index (κ2) is 7.31. The van der Waals surface area contributed by atoms with Crippen LogP contribution in [0.5, 0.6) is 11.5 Å². The molecule has 0 fully saturated rings. The number of rotatable bonds is 6. The normalized spacial score (nSPS) is 11.1. The molecule has 0 spiro atoms. The van der Waals surface area contributed by atoms with Gasteiger partial charge in [0.1, 0.15) is 18.1 Å². The summed E-state index contributed by atoms with van der Waals surface area (Å²) in [6.07, 6.45) is 1.57. The van der Waals surface area contributed by atoms with Crippen molar-refractivity contribution < 1.29 is 19.4 Å². The third-order valence-corrected chi connectivity index (χ3v) is 3.16. The minimum atomic E-state index is -0.952. The molecule has 4 nitrogen and oxygen atoms in total. The standard InChI is InChI=1S/C18H18O4/c1-13(18(19)20)10-15-8-9-16(11-17(15)21-2)22-12-14-6-4-3-5-7-14/h3-11H,12H2,1-2H3,(H,19,20)/b13-10+. The van der Waals surface area contributed by atoms with E-state index >= 15 is 0 Å². The highest BCUT2D eigenvalue weighted by atomic mass is 16.5. The summed E-state index contributed by atoms with van der Waals surface area (Å²) < 4.78 is 11.0. The molecule has 0 saturated heterocycles. The number of carboxylic acids is 1. The maximum Gasteiger partial charge on any atom is 0.331 e. The lowest BCUT2D eigenvalue weighted by molar-refractivity contribution is -0.132. The zero-order chi connectivity index (χ0) is 15.9. The van der Waals surface area contributed by atoms with Gasteiger partial charge in [-0.25, -0.2) is 4.79 Å². The first-order valence-corrected chi connectivity index (χ1v) is 6.86. The van der Waals surface area contributed by atoms with Gasteiger partial charge in [-0.1, -0.05) is 30.3 Å². The zero-order valence-corrected chi connectivity index (χ0v) is 12.6. The molecule has 4 heteroatoms. The molecule has 22 heavy (non-hydrogen) atoms. The van der Waals surface area contributed by atoms with Gasteiger partial charge in [0, 0.05) is 17.2 Å². The first kappa shape index (κ1) is 15.6. The van der Waals surface area contributed by atoms with Gasteiger partial charge >= 0.3 is 5.97 Å². The highest BCUT2D eigenvalue weighted by Gasteiger charge is 2.07. The third-order valence-electron chi connectivity index (χ3n) is 3.16. The van der Waals surface area contributed by atoms with Gasteiger partial charge in [0.05, 0.1) is 7.11 Å². The average Bonchev–Trinajstić information content (AvgIpc) is 2.54. The Balaban J connectivity index is 2.15. The summed E-state index contributed by atoms with van der Waals surface area (Å²) in [6, 6.07) is 15.2. The Kier molecular flexibility index (Phi) is 5.20. The van der Waals surface area contributed by atoms with Gasteiger partial charge in [-0.3, -0.25) is 0 Å². The quantitative estimate of drug-likeness (QED) is 0.825. The van der Waals surface area contributed by atoms with Crippen LogP contribution in [0.15, 0.2) is 54.1 Å². The molecule has 2 aromatic rings. The summed E-state index contributed by atoms with van der Waals surface area (Å²) >= 11 is 0. The maximum atomic E-state index is 10.9. The third kappa shape index (κ3) is 4.12. The van der Waals surface area contributed by atoms with Gasteiger partial charge in [0.15, 0.2) is 0 Å². The number of hydrogen-bond donors (Lipinski definition) is 1. The highest BCUT2D eigenvalue weighted by Crippen LogP contribution is 2.27.